The van der Waals surface area contributed by atoms with Crippen LogP contribution in [0.25, 0.3) is 11.1 Å². The first-order valence-corrected chi connectivity index (χ1v) is 17.0. The number of rotatable bonds is 17. The highest BCUT2D eigenvalue weighted by Gasteiger charge is 2.52. The molecule has 202 valence electrons. The molecule has 0 aromatic heterocycles. The van der Waals surface area contributed by atoms with Gasteiger partial charge in [0.1, 0.15) is 0 Å². The Morgan fingerprint density at radius 1 is 0.528 bits per heavy atom. The summed E-state index contributed by atoms with van der Waals surface area (Å²) in [6.45, 7) is 19.4. The number of benzene rings is 2. The average Bonchev–Trinajstić information content (AvgIpc) is 2.88. The van der Waals surface area contributed by atoms with Gasteiger partial charge in [-0.05, 0) is 63.8 Å². The van der Waals surface area contributed by atoms with Crippen LogP contribution in [0.4, 0.5) is 0 Å². The highest BCUT2D eigenvalue weighted by molar-refractivity contribution is 6.63. The lowest BCUT2D eigenvalue weighted by Gasteiger charge is -2.38. The van der Waals surface area contributed by atoms with E-state index in [0.717, 1.165) is 22.3 Å². The minimum absolute atomic E-state index is 0.102. The van der Waals surface area contributed by atoms with Gasteiger partial charge in [0.2, 0.25) is 0 Å². The van der Waals surface area contributed by atoms with Gasteiger partial charge in [0, 0.05) is 39.6 Å². The molecular weight excluding hydrogens is 488 g/mol. The van der Waals surface area contributed by atoms with E-state index in [1.54, 1.807) is 0 Å². The molecule has 2 atom stereocenters. The van der Waals surface area contributed by atoms with E-state index in [-0.39, 0.29) is 11.1 Å². The van der Waals surface area contributed by atoms with E-state index in [1.807, 2.05) is 47.6 Å². The molecule has 2 rings (SSSR count). The van der Waals surface area contributed by atoms with Crippen LogP contribution in [0.3, 0.4) is 0 Å². The first-order chi connectivity index (χ1) is 17.4. The van der Waals surface area contributed by atoms with Gasteiger partial charge in [-0.3, -0.25) is 0 Å². The molecule has 2 aromatic rings. The van der Waals surface area contributed by atoms with Gasteiger partial charge in [0.25, 0.3) is 0 Å². The van der Waals surface area contributed by atoms with E-state index in [1.165, 1.54) is 0 Å². The topological polar surface area (TPSA) is 55.4 Å². The maximum Gasteiger partial charge on any atom is 0.508 e. The van der Waals surface area contributed by atoms with Crippen molar-refractivity contribution in [1.82, 2.24) is 0 Å². The number of hydrogen-bond donors (Lipinski definition) is 0. The van der Waals surface area contributed by atoms with Crippen LogP contribution in [0, 0.1) is 0 Å². The lowest BCUT2D eigenvalue weighted by Crippen LogP contribution is -2.53. The predicted molar refractivity (Wildman–Crippen MR) is 150 cm³/mol. The summed E-state index contributed by atoms with van der Waals surface area (Å²) in [6, 6.07) is 16.9. The third-order valence-corrected chi connectivity index (χ3v) is 13.1. The van der Waals surface area contributed by atoms with Crippen molar-refractivity contribution >= 4 is 17.6 Å². The highest BCUT2D eigenvalue weighted by atomic mass is 28.4. The zero-order chi connectivity index (χ0) is 26.6. The van der Waals surface area contributed by atoms with Crippen molar-refractivity contribution in [3.63, 3.8) is 0 Å². The molecule has 0 saturated heterocycles. The highest BCUT2D eigenvalue weighted by Crippen LogP contribution is 2.43. The molecule has 36 heavy (non-hydrogen) atoms. The van der Waals surface area contributed by atoms with Gasteiger partial charge >= 0.3 is 17.6 Å². The Bertz CT molecular complexity index is 861. The molecule has 0 aliphatic carbocycles. The molecule has 0 aliphatic rings. The smallest absolute Gasteiger partial charge is 0.373 e. The molecule has 0 aliphatic heterocycles. The van der Waals surface area contributed by atoms with E-state index < -0.39 is 17.6 Å². The maximum atomic E-state index is 6.39. The molecule has 6 nitrogen and oxygen atoms in total. The van der Waals surface area contributed by atoms with Crippen LogP contribution < -0.4 is 0 Å². The molecule has 0 bridgehead atoms. The second kappa shape index (κ2) is 15.1. The van der Waals surface area contributed by atoms with Crippen molar-refractivity contribution < 1.29 is 26.6 Å². The molecule has 2 unspecified atom stereocenters. The molecule has 0 saturated carbocycles. The Morgan fingerprint density at radius 3 is 1.36 bits per heavy atom. The lowest BCUT2D eigenvalue weighted by atomic mass is 9.92. The predicted octanol–water partition coefficient (Wildman–Crippen LogP) is 6.74. The van der Waals surface area contributed by atoms with E-state index in [4.69, 9.17) is 26.6 Å². The van der Waals surface area contributed by atoms with Gasteiger partial charge in [-0.15, -0.1) is 0 Å². The Morgan fingerprint density at radius 2 is 0.944 bits per heavy atom. The van der Waals surface area contributed by atoms with Gasteiger partial charge in [0.05, 0.1) is 11.1 Å². The zero-order valence-corrected chi connectivity index (χ0v) is 25.5. The van der Waals surface area contributed by atoms with Crippen LogP contribution in [0.2, 0.25) is 0 Å². The minimum Gasteiger partial charge on any atom is -0.373 e. The van der Waals surface area contributed by atoms with Crippen molar-refractivity contribution in [2.24, 2.45) is 0 Å². The van der Waals surface area contributed by atoms with Crippen molar-refractivity contribution in [1.29, 1.82) is 0 Å². The quantitative estimate of drug-likeness (QED) is 0.210. The Kier molecular flexibility index (Phi) is 13.0. The fourth-order valence-electron chi connectivity index (χ4n) is 4.89. The van der Waals surface area contributed by atoms with Crippen LogP contribution in [0.1, 0.15) is 77.6 Å². The molecule has 0 N–H and O–H groups in total. The van der Waals surface area contributed by atoms with Crippen LogP contribution in [-0.2, 0) is 26.6 Å². The van der Waals surface area contributed by atoms with E-state index in [0.29, 0.717) is 39.6 Å². The van der Waals surface area contributed by atoms with Crippen molar-refractivity contribution in [2.45, 2.75) is 66.5 Å². The molecule has 0 fully saturated rings. The maximum absolute atomic E-state index is 6.39. The van der Waals surface area contributed by atoms with E-state index in [2.05, 4.69) is 56.3 Å². The van der Waals surface area contributed by atoms with Gasteiger partial charge in [-0.2, -0.15) is 0 Å². The molecule has 8 heteroatoms. The summed E-state index contributed by atoms with van der Waals surface area (Å²) in [7, 11) is -6.17. The van der Waals surface area contributed by atoms with E-state index >= 15 is 0 Å². The zero-order valence-electron chi connectivity index (χ0n) is 23.5. The SMILES string of the molecule is CCO[Si](OCC)(OCC)C(C)c1cccc(-c2ccccc2)c1C(C)[Si](OCC)(OCC)OCC. The first kappa shape index (κ1) is 30.9. The molecule has 0 radical (unpaired) electrons. The first-order valence-electron chi connectivity index (χ1n) is 13.4. The third kappa shape index (κ3) is 6.93. The number of hydrogen-bond acceptors (Lipinski definition) is 6. The summed E-state index contributed by atoms with van der Waals surface area (Å²) in [5, 5.41) is 0. The molecule has 0 amide bonds. The second-order valence-corrected chi connectivity index (χ2v) is 14.3. The fraction of sp³-hybridized carbons (Fsp3) is 0.571. The lowest BCUT2D eigenvalue weighted by molar-refractivity contribution is 0.0604. The van der Waals surface area contributed by atoms with Crippen molar-refractivity contribution in [3.05, 3.63) is 59.7 Å². The Hall–Kier alpha value is -1.37. The van der Waals surface area contributed by atoms with Gasteiger partial charge < -0.3 is 26.6 Å². The monoisotopic (exact) mass is 534 g/mol. The van der Waals surface area contributed by atoms with Crippen molar-refractivity contribution in [2.75, 3.05) is 39.6 Å². The fourth-order valence-corrected chi connectivity index (χ4v) is 10.6. The van der Waals surface area contributed by atoms with Gasteiger partial charge in [-0.1, -0.05) is 62.4 Å². The van der Waals surface area contributed by atoms with Gasteiger partial charge in [-0.25, -0.2) is 0 Å². The third-order valence-electron chi connectivity index (χ3n) is 6.26. The summed E-state index contributed by atoms with van der Waals surface area (Å²) in [5.74, 6) is 0. The van der Waals surface area contributed by atoms with Crippen LogP contribution in [0.15, 0.2) is 48.5 Å². The summed E-state index contributed by atoms with van der Waals surface area (Å²) in [5.41, 5.74) is 4.32. The molecule has 0 heterocycles. The molecular formula is C28H46O6Si2. The standard InChI is InChI=1S/C28H46O6Si2/c1-9-29-35(30-10-2,31-11-3)23(7)26-21-18-22-27(25-19-16-15-17-20-25)28(26)24(8)36(32-12-4,33-13-5)34-14-6/h15-24H,9-14H2,1-8H3. The van der Waals surface area contributed by atoms with Crippen LogP contribution in [0.5, 0.6) is 0 Å². The average molecular weight is 535 g/mol. The molecule has 2 aromatic carbocycles. The Labute approximate surface area is 221 Å². The minimum atomic E-state index is -3.10. The van der Waals surface area contributed by atoms with Crippen LogP contribution >= 0.6 is 0 Å². The Balaban J connectivity index is 2.85. The largest absolute Gasteiger partial charge is 0.508 e. The summed E-state index contributed by atoms with van der Waals surface area (Å²) in [4.78, 5) is 0. The van der Waals surface area contributed by atoms with Gasteiger partial charge in [0.15, 0.2) is 0 Å². The molecule has 0 spiro atoms. The summed E-state index contributed by atoms with van der Waals surface area (Å²) < 4.78 is 38.2. The van der Waals surface area contributed by atoms with E-state index in [9.17, 15) is 0 Å². The normalized spacial score (nSPS) is 14.1. The summed E-state index contributed by atoms with van der Waals surface area (Å²) >= 11 is 0. The van der Waals surface area contributed by atoms with Crippen molar-refractivity contribution in [3.8, 4) is 11.1 Å². The van der Waals surface area contributed by atoms with Crippen LogP contribution in [-0.4, -0.2) is 57.3 Å². The summed E-state index contributed by atoms with van der Waals surface area (Å²) in [6.07, 6.45) is 0. The second-order valence-electron chi connectivity index (χ2n) is 8.42.